The van der Waals surface area contributed by atoms with Crippen LogP contribution in [0, 0.1) is 5.92 Å². The second-order valence-corrected chi connectivity index (χ2v) is 5.83. The predicted octanol–water partition coefficient (Wildman–Crippen LogP) is 2.21. The molecular weight excluding hydrogens is 222 g/mol. The fourth-order valence-corrected chi connectivity index (χ4v) is 3.06. The SMILES string of the molecule is CC1CNC(C2CC2)CN1C(C)c1ccccn1. The van der Waals surface area contributed by atoms with Crippen LogP contribution in [0.4, 0.5) is 0 Å². The quantitative estimate of drug-likeness (QED) is 0.885. The number of piperazine rings is 1. The Morgan fingerprint density at radius 2 is 2.22 bits per heavy atom. The van der Waals surface area contributed by atoms with Crippen molar-refractivity contribution in [1.29, 1.82) is 0 Å². The summed E-state index contributed by atoms with van der Waals surface area (Å²) in [7, 11) is 0. The normalized spacial score (nSPS) is 31.2. The Kier molecular flexibility index (Phi) is 3.35. The molecule has 98 valence electrons. The van der Waals surface area contributed by atoms with E-state index in [0.29, 0.717) is 18.1 Å². The van der Waals surface area contributed by atoms with Gasteiger partial charge in [0.1, 0.15) is 0 Å². The summed E-state index contributed by atoms with van der Waals surface area (Å²) in [5.74, 6) is 0.927. The molecule has 1 aromatic rings. The summed E-state index contributed by atoms with van der Waals surface area (Å²) in [5.41, 5.74) is 1.20. The summed E-state index contributed by atoms with van der Waals surface area (Å²) in [6.45, 7) is 6.88. The molecule has 0 spiro atoms. The van der Waals surface area contributed by atoms with Crippen molar-refractivity contribution < 1.29 is 0 Å². The molecule has 2 heterocycles. The molecule has 0 aromatic carbocycles. The van der Waals surface area contributed by atoms with Gasteiger partial charge in [0.25, 0.3) is 0 Å². The number of aromatic nitrogens is 1. The molecule has 3 unspecified atom stereocenters. The number of rotatable bonds is 3. The number of hydrogen-bond acceptors (Lipinski definition) is 3. The lowest BCUT2D eigenvalue weighted by Crippen LogP contribution is -2.56. The van der Waals surface area contributed by atoms with E-state index in [0.717, 1.165) is 12.5 Å². The van der Waals surface area contributed by atoms with E-state index < -0.39 is 0 Å². The number of hydrogen-bond donors (Lipinski definition) is 1. The van der Waals surface area contributed by atoms with Crippen LogP contribution in [-0.2, 0) is 0 Å². The summed E-state index contributed by atoms with van der Waals surface area (Å²) in [6.07, 6.45) is 4.73. The van der Waals surface area contributed by atoms with Gasteiger partial charge in [-0.1, -0.05) is 6.07 Å². The van der Waals surface area contributed by atoms with Gasteiger partial charge in [0.15, 0.2) is 0 Å². The third kappa shape index (κ3) is 2.43. The van der Waals surface area contributed by atoms with Crippen LogP contribution < -0.4 is 5.32 Å². The molecule has 1 saturated carbocycles. The van der Waals surface area contributed by atoms with Crippen molar-refractivity contribution in [1.82, 2.24) is 15.2 Å². The van der Waals surface area contributed by atoms with Gasteiger partial charge in [-0.15, -0.1) is 0 Å². The van der Waals surface area contributed by atoms with Crippen LogP contribution in [-0.4, -0.2) is 35.1 Å². The zero-order valence-corrected chi connectivity index (χ0v) is 11.3. The first kappa shape index (κ1) is 12.1. The van der Waals surface area contributed by atoms with E-state index in [-0.39, 0.29) is 0 Å². The molecule has 3 rings (SSSR count). The molecule has 2 aliphatic rings. The summed E-state index contributed by atoms with van der Waals surface area (Å²) < 4.78 is 0. The monoisotopic (exact) mass is 245 g/mol. The Morgan fingerprint density at radius 1 is 1.39 bits per heavy atom. The topological polar surface area (TPSA) is 28.2 Å². The van der Waals surface area contributed by atoms with Gasteiger partial charge in [-0.2, -0.15) is 0 Å². The van der Waals surface area contributed by atoms with Crippen molar-refractivity contribution >= 4 is 0 Å². The molecule has 0 bridgehead atoms. The van der Waals surface area contributed by atoms with E-state index in [2.05, 4.69) is 41.2 Å². The molecule has 1 saturated heterocycles. The molecule has 1 aromatic heterocycles. The molecule has 18 heavy (non-hydrogen) atoms. The maximum Gasteiger partial charge on any atom is 0.0572 e. The van der Waals surface area contributed by atoms with E-state index in [4.69, 9.17) is 0 Å². The molecule has 0 radical (unpaired) electrons. The van der Waals surface area contributed by atoms with Crippen molar-refractivity contribution in [2.45, 2.75) is 44.8 Å². The minimum absolute atomic E-state index is 0.421. The highest BCUT2D eigenvalue weighted by Gasteiger charge is 2.37. The maximum absolute atomic E-state index is 4.51. The van der Waals surface area contributed by atoms with E-state index in [1.54, 1.807) is 0 Å². The Hall–Kier alpha value is -0.930. The van der Waals surface area contributed by atoms with Gasteiger partial charge in [0, 0.05) is 37.4 Å². The summed E-state index contributed by atoms with van der Waals surface area (Å²) in [6, 6.07) is 7.94. The minimum Gasteiger partial charge on any atom is -0.311 e. The zero-order valence-electron chi connectivity index (χ0n) is 11.3. The van der Waals surface area contributed by atoms with Gasteiger partial charge < -0.3 is 5.32 Å². The van der Waals surface area contributed by atoms with Gasteiger partial charge in [0.05, 0.1) is 5.69 Å². The first-order valence-electron chi connectivity index (χ1n) is 7.16. The molecular formula is C15H23N3. The molecule has 3 heteroatoms. The highest BCUT2D eigenvalue weighted by molar-refractivity contribution is 5.09. The van der Waals surface area contributed by atoms with Crippen molar-refractivity contribution in [3.05, 3.63) is 30.1 Å². The lowest BCUT2D eigenvalue weighted by Gasteiger charge is -2.42. The van der Waals surface area contributed by atoms with Crippen molar-refractivity contribution in [3.63, 3.8) is 0 Å². The van der Waals surface area contributed by atoms with E-state index >= 15 is 0 Å². The van der Waals surface area contributed by atoms with Crippen molar-refractivity contribution in [2.24, 2.45) is 5.92 Å². The Morgan fingerprint density at radius 3 is 2.89 bits per heavy atom. The molecule has 3 nitrogen and oxygen atoms in total. The summed E-state index contributed by atoms with van der Waals surface area (Å²) >= 11 is 0. The first-order chi connectivity index (χ1) is 8.75. The van der Waals surface area contributed by atoms with Crippen LogP contribution in [0.1, 0.15) is 38.4 Å². The minimum atomic E-state index is 0.421. The lowest BCUT2D eigenvalue weighted by molar-refractivity contribution is 0.0906. The van der Waals surface area contributed by atoms with Crippen LogP contribution >= 0.6 is 0 Å². The van der Waals surface area contributed by atoms with Crippen molar-refractivity contribution in [2.75, 3.05) is 13.1 Å². The second kappa shape index (κ2) is 4.98. The fourth-order valence-electron chi connectivity index (χ4n) is 3.06. The highest BCUT2D eigenvalue weighted by atomic mass is 15.3. The molecule has 1 N–H and O–H groups in total. The van der Waals surface area contributed by atoms with E-state index in [1.807, 2.05) is 12.3 Å². The van der Waals surface area contributed by atoms with Crippen molar-refractivity contribution in [3.8, 4) is 0 Å². The third-order valence-corrected chi connectivity index (χ3v) is 4.45. The van der Waals surface area contributed by atoms with Crippen LogP contribution in [0.15, 0.2) is 24.4 Å². The number of nitrogens with zero attached hydrogens (tertiary/aromatic N) is 2. The van der Waals surface area contributed by atoms with Crippen LogP contribution in [0.25, 0.3) is 0 Å². The smallest absolute Gasteiger partial charge is 0.0572 e. The standard InChI is InChI=1S/C15H23N3/c1-11-9-17-15(13-6-7-13)10-18(11)12(2)14-5-3-4-8-16-14/h3-5,8,11-13,15,17H,6-7,9-10H2,1-2H3. The third-order valence-electron chi connectivity index (χ3n) is 4.45. The highest BCUT2D eigenvalue weighted by Crippen LogP contribution is 2.35. The zero-order chi connectivity index (χ0) is 12.5. The van der Waals surface area contributed by atoms with Gasteiger partial charge >= 0.3 is 0 Å². The van der Waals surface area contributed by atoms with Crippen LogP contribution in [0.3, 0.4) is 0 Å². The predicted molar refractivity (Wildman–Crippen MR) is 73.3 cm³/mol. The van der Waals surface area contributed by atoms with Crippen LogP contribution in [0.2, 0.25) is 0 Å². The molecule has 1 aliphatic carbocycles. The molecule has 3 atom stereocenters. The number of pyridine rings is 1. The molecule has 0 amide bonds. The lowest BCUT2D eigenvalue weighted by atomic mass is 10.0. The largest absolute Gasteiger partial charge is 0.311 e. The second-order valence-electron chi connectivity index (χ2n) is 5.83. The average Bonchev–Trinajstić information content (AvgIpc) is 3.24. The van der Waals surface area contributed by atoms with Gasteiger partial charge in [0.2, 0.25) is 0 Å². The maximum atomic E-state index is 4.51. The summed E-state index contributed by atoms with van der Waals surface area (Å²) in [4.78, 5) is 7.12. The first-order valence-corrected chi connectivity index (χ1v) is 7.16. The summed E-state index contributed by atoms with van der Waals surface area (Å²) in [5, 5.41) is 3.71. The Balaban J connectivity index is 1.72. The van der Waals surface area contributed by atoms with Crippen LogP contribution in [0.5, 0.6) is 0 Å². The number of nitrogens with one attached hydrogen (secondary N) is 1. The Bertz CT molecular complexity index is 388. The Labute approximate surface area is 110 Å². The van der Waals surface area contributed by atoms with E-state index in [9.17, 15) is 0 Å². The molecule has 2 fully saturated rings. The van der Waals surface area contributed by atoms with Gasteiger partial charge in [-0.05, 0) is 44.7 Å². The van der Waals surface area contributed by atoms with Gasteiger partial charge in [-0.3, -0.25) is 9.88 Å². The van der Waals surface area contributed by atoms with E-state index in [1.165, 1.54) is 25.1 Å². The fraction of sp³-hybridized carbons (Fsp3) is 0.667. The van der Waals surface area contributed by atoms with Gasteiger partial charge in [-0.25, -0.2) is 0 Å². The average molecular weight is 245 g/mol. The molecule has 1 aliphatic heterocycles.